The summed E-state index contributed by atoms with van der Waals surface area (Å²) in [5.74, 6) is 0.754. The molecule has 1 unspecified atom stereocenters. The van der Waals surface area contributed by atoms with Gasteiger partial charge in [-0.1, -0.05) is 18.2 Å². The van der Waals surface area contributed by atoms with Gasteiger partial charge in [-0.3, -0.25) is 0 Å². The number of nitrogens with zero attached hydrogens (tertiary/aromatic N) is 1. The molecular weight excluding hydrogens is 178 g/mol. The van der Waals surface area contributed by atoms with Crippen molar-refractivity contribution >= 4 is 0 Å². The normalized spacial score (nSPS) is 11.8. The predicted molar refractivity (Wildman–Crippen MR) is 52.9 cm³/mol. The Balaban J connectivity index is 2.71. The highest BCUT2D eigenvalue weighted by atomic mass is 16.5. The van der Waals surface area contributed by atoms with Crippen LogP contribution in [0.15, 0.2) is 24.3 Å². The summed E-state index contributed by atoms with van der Waals surface area (Å²) in [5.41, 5.74) is 0.928. The van der Waals surface area contributed by atoms with Crippen LogP contribution in [0.1, 0.15) is 12.0 Å². The molecule has 14 heavy (non-hydrogen) atoms. The Kier molecular flexibility index (Phi) is 3.96. The van der Waals surface area contributed by atoms with Crippen LogP contribution < -0.4 is 4.74 Å². The molecule has 3 heteroatoms. The standard InChI is InChI=1S/C11H13NO2/c1-14-11-5-3-2-4-9(11)8-10(13)6-7-12/h2-5,10,13H,6,8H2,1H3. The van der Waals surface area contributed by atoms with E-state index in [4.69, 9.17) is 10.00 Å². The van der Waals surface area contributed by atoms with Gasteiger partial charge in [0.25, 0.3) is 0 Å². The molecule has 0 saturated carbocycles. The third-order valence-corrected chi connectivity index (χ3v) is 1.97. The molecule has 1 aromatic rings. The highest BCUT2D eigenvalue weighted by Gasteiger charge is 2.08. The zero-order valence-electron chi connectivity index (χ0n) is 8.10. The van der Waals surface area contributed by atoms with E-state index in [-0.39, 0.29) is 6.42 Å². The molecule has 0 aromatic heterocycles. The fraction of sp³-hybridized carbons (Fsp3) is 0.364. The Bertz CT molecular complexity index is 330. The quantitative estimate of drug-likeness (QED) is 0.784. The van der Waals surface area contributed by atoms with Crippen LogP contribution in [0.5, 0.6) is 5.75 Å². The third kappa shape index (κ3) is 2.75. The molecule has 1 atom stereocenters. The third-order valence-electron chi connectivity index (χ3n) is 1.97. The summed E-state index contributed by atoms with van der Waals surface area (Å²) in [5, 5.41) is 17.8. The molecule has 0 aliphatic carbocycles. The van der Waals surface area contributed by atoms with Gasteiger partial charge in [0.2, 0.25) is 0 Å². The number of para-hydroxylation sites is 1. The average Bonchev–Trinajstić information content (AvgIpc) is 2.19. The molecule has 74 valence electrons. The van der Waals surface area contributed by atoms with Crippen molar-refractivity contribution in [2.24, 2.45) is 0 Å². The molecule has 1 rings (SSSR count). The van der Waals surface area contributed by atoms with Crippen molar-refractivity contribution in [1.29, 1.82) is 5.26 Å². The highest BCUT2D eigenvalue weighted by Crippen LogP contribution is 2.19. The minimum atomic E-state index is -0.615. The van der Waals surface area contributed by atoms with E-state index < -0.39 is 6.10 Å². The van der Waals surface area contributed by atoms with Crippen molar-refractivity contribution in [3.8, 4) is 11.8 Å². The van der Waals surface area contributed by atoms with E-state index in [0.29, 0.717) is 6.42 Å². The lowest BCUT2D eigenvalue weighted by molar-refractivity contribution is 0.179. The summed E-state index contributed by atoms with van der Waals surface area (Å²) in [6, 6.07) is 9.42. The molecule has 1 aromatic carbocycles. The van der Waals surface area contributed by atoms with Crippen LogP contribution >= 0.6 is 0 Å². The van der Waals surface area contributed by atoms with Crippen molar-refractivity contribution in [3.05, 3.63) is 29.8 Å². The first-order valence-corrected chi connectivity index (χ1v) is 4.45. The molecule has 0 spiro atoms. The van der Waals surface area contributed by atoms with Crippen molar-refractivity contribution in [2.45, 2.75) is 18.9 Å². The summed E-state index contributed by atoms with van der Waals surface area (Å²) in [4.78, 5) is 0. The number of aliphatic hydroxyl groups excluding tert-OH is 1. The number of nitriles is 1. The van der Waals surface area contributed by atoms with E-state index in [0.717, 1.165) is 11.3 Å². The van der Waals surface area contributed by atoms with Crippen LogP contribution in [0, 0.1) is 11.3 Å². The Hall–Kier alpha value is -1.53. The molecule has 0 fully saturated rings. The van der Waals surface area contributed by atoms with Gasteiger partial charge < -0.3 is 9.84 Å². The zero-order valence-corrected chi connectivity index (χ0v) is 8.10. The first-order chi connectivity index (χ1) is 6.77. The number of ether oxygens (including phenoxy) is 1. The molecule has 0 saturated heterocycles. The van der Waals surface area contributed by atoms with Crippen LogP contribution in [0.3, 0.4) is 0 Å². The topological polar surface area (TPSA) is 53.2 Å². The van der Waals surface area contributed by atoms with Gasteiger partial charge in [0.15, 0.2) is 0 Å². The van der Waals surface area contributed by atoms with Crippen LogP contribution in [-0.4, -0.2) is 18.3 Å². The van der Waals surface area contributed by atoms with Crippen molar-refractivity contribution in [3.63, 3.8) is 0 Å². The van der Waals surface area contributed by atoms with E-state index in [9.17, 15) is 5.11 Å². The number of rotatable bonds is 4. The average molecular weight is 191 g/mol. The lowest BCUT2D eigenvalue weighted by Gasteiger charge is -2.10. The minimum absolute atomic E-state index is 0.151. The first kappa shape index (κ1) is 10.6. The first-order valence-electron chi connectivity index (χ1n) is 4.45. The summed E-state index contributed by atoms with van der Waals surface area (Å²) in [6.45, 7) is 0. The number of methoxy groups -OCH3 is 1. The van der Waals surface area contributed by atoms with E-state index in [1.807, 2.05) is 30.3 Å². The summed E-state index contributed by atoms with van der Waals surface area (Å²) < 4.78 is 5.13. The Morgan fingerprint density at radius 2 is 2.21 bits per heavy atom. The van der Waals surface area contributed by atoms with Crippen LogP contribution in [-0.2, 0) is 6.42 Å². The molecule has 0 amide bonds. The van der Waals surface area contributed by atoms with Gasteiger partial charge in [-0.05, 0) is 11.6 Å². The number of benzene rings is 1. The second-order valence-electron chi connectivity index (χ2n) is 3.03. The second-order valence-corrected chi connectivity index (χ2v) is 3.03. The lowest BCUT2D eigenvalue weighted by Crippen LogP contribution is -2.09. The number of hydrogen-bond acceptors (Lipinski definition) is 3. The number of hydrogen-bond donors (Lipinski definition) is 1. The molecule has 1 N–H and O–H groups in total. The smallest absolute Gasteiger partial charge is 0.122 e. The largest absolute Gasteiger partial charge is 0.496 e. The second kappa shape index (κ2) is 5.25. The fourth-order valence-corrected chi connectivity index (χ4v) is 1.30. The fourth-order valence-electron chi connectivity index (χ4n) is 1.30. The van der Waals surface area contributed by atoms with E-state index in [1.54, 1.807) is 7.11 Å². The van der Waals surface area contributed by atoms with Gasteiger partial charge in [-0.25, -0.2) is 0 Å². The highest BCUT2D eigenvalue weighted by molar-refractivity contribution is 5.33. The van der Waals surface area contributed by atoms with Gasteiger partial charge in [-0.15, -0.1) is 0 Å². The Labute approximate surface area is 83.6 Å². The maximum Gasteiger partial charge on any atom is 0.122 e. The van der Waals surface area contributed by atoms with Gasteiger partial charge in [0, 0.05) is 6.42 Å². The van der Waals surface area contributed by atoms with Gasteiger partial charge in [0.05, 0.1) is 25.7 Å². The van der Waals surface area contributed by atoms with E-state index in [2.05, 4.69) is 0 Å². The molecule has 0 bridgehead atoms. The van der Waals surface area contributed by atoms with Crippen LogP contribution in [0.2, 0.25) is 0 Å². The minimum Gasteiger partial charge on any atom is -0.496 e. The lowest BCUT2D eigenvalue weighted by atomic mass is 10.1. The SMILES string of the molecule is COc1ccccc1CC(O)CC#N. The van der Waals surface area contributed by atoms with Crippen molar-refractivity contribution in [1.82, 2.24) is 0 Å². The molecule has 0 radical (unpaired) electrons. The summed E-state index contributed by atoms with van der Waals surface area (Å²) in [7, 11) is 1.59. The zero-order chi connectivity index (χ0) is 10.4. The van der Waals surface area contributed by atoms with E-state index in [1.165, 1.54) is 0 Å². The van der Waals surface area contributed by atoms with Crippen LogP contribution in [0.25, 0.3) is 0 Å². The monoisotopic (exact) mass is 191 g/mol. The summed E-state index contributed by atoms with van der Waals surface area (Å²) in [6.07, 6.45) is -0.00777. The predicted octanol–water partition coefficient (Wildman–Crippen LogP) is 1.51. The molecule has 0 aliphatic rings. The molecule has 3 nitrogen and oxygen atoms in total. The van der Waals surface area contributed by atoms with Crippen molar-refractivity contribution < 1.29 is 9.84 Å². The Morgan fingerprint density at radius 1 is 1.50 bits per heavy atom. The van der Waals surface area contributed by atoms with Crippen molar-refractivity contribution in [2.75, 3.05) is 7.11 Å². The summed E-state index contributed by atoms with van der Waals surface area (Å²) >= 11 is 0. The van der Waals surface area contributed by atoms with Gasteiger partial charge in [-0.2, -0.15) is 5.26 Å². The maximum absolute atomic E-state index is 9.44. The van der Waals surface area contributed by atoms with Crippen LogP contribution in [0.4, 0.5) is 0 Å². The van der Waals surface area contributed by atoms with Gasteiger partial charge >= 0.3 is 0 Å². The van der Waals surface area contributed by atoms with E-state index >= 15 is 0 Å². The molecule has 0 aliphatic heterocycles. The molecule has 0 heterocycles. The molecular formula is C11H13NO2. The Morgan fingerprint density at radius 3 is 2.86 bits per heavy atom. The maximum atomic E-state index is 9.44. The number of aliphatic hydroxyl groups is 1. The van der Waals surface area contributed by atoms with Gasteiger partial charge in [0.1, 0.15) is 5.75 Å².